The lowest BCUT2D eigenvalue weighted by molar-refractivity contribution is -0.130. The van der Waals surface area contributed by atoms with E-state index in [9.17, 15) is 13.2 Å². The summed E-state index contributed by atoms with van der Waals surface area (Å²) in [6.07, 6.45) is 1.68. The van der Waals surface area contributed by atoms with Crippen LogP contribution in [0.4, 0.5) is 5.13 Å². The molecule has 1 amide bonds. The Kier molecular flexibility index (Phi) is 6.90. The largest absolute Gasteiger partial charge is 0.343 e. The van der Waals surface area contributed by atoms with Crippen LogP contribution < -0.4 is 4.72 Å². The first-order chi connectivity index (χ1) is 12.2. The van der Waals surface area contributed by atoms with E-state index in [1.165, 1.54) is 18.3 Å². The second-order valence-corrected chi connectivity index (χ2v) is 9.09. The molecule has 0 aliphatic carbocycles. The zero-order valence-corrected chi connectivity index (χ0v) is 17.7. The molecule has 0 fully saturated rings. The van der Waals surface area contributed by atoms with Crippen molar-refractivity contribution < 1.29 is 13.2 Å². The third-order valence-electron chi connectivity index (χ3n) is 3.68. The Bertz CT molecular complexity index is 886. The fourth-order valence-electron chi connectivity index (χ4n) is 2.47. The molecular weight excluding hydrogens is 417 g/mol. The Morgan fingerprint density at radius 1 is 1.27 bits per heavy atom. The molecule has 1 aromatic carbocycles. The minimum atomic E-state index is -3.92. The number of halogens is 2. The second kappa shape index (κ2) is 8.56. The summed E-state index contributed by atoms with van der Waals surface area (Å²) < 4.78 is 27.7. The molecule has 0 aliphatic heterocycles. The highest BCUT2D eigenvalue weighted by Crippen LogP contribution is 2.31. The van der Waals surface area contributed by atoms with Crippen molar-refractivity contribution >= 4 is 55.6 Å². The lowest BCUT2D eigenvalue weighted by atomic mass is 10.2. The van der Waals surface area contributed by atoms with Gasteiger partial charge in [0.2, 0.25) is 5.91 Å². The van der Waals surface area contributed by atoms with Crippen molar-refractivity contribution in [3.05, 3.63) is 38.8 Å². The lowest BCUT2D eigenvalue weighted by Gasteiger charge is -2.17. The predicted octanol–water partition coefficient (Wildman–Crippen LogP) is 3.97. The Balaban J connectivity index is 2.19. The molecule has 1 heterocycles. The van der Waals surface area contributed by atoms with Crippen molar-refractivity contribution in [1.82, 2.24) is 9.88 Å². The van der Waals surface area contributed by atoms with Crippen LogP contribution in [0.25, 0.3) is 0 Å². The molecule has 142 valence electrons. The van der Waals surface area contributed by atoms with Crippen molar-refractivity contribution in [1.29, 1.82) is 0 Å². The molecule has 2 rings (SSSR count). The lowest BCUT2D eigenvalue weighted by Crippen LogP contribution is -2.31. The van der Waals surface area contributed by atoms with Crippen LogP contribution in [0, 0.1) is 6.92 Å². The van der Waals surface area contributed by atoms with E-state index in [-0.39, 0.29) is 27.4 Å². The SMILES string of the molecule is CCN(CC)C(=O)Cc1cnc(NS(=O)(=O)c2c(C)cc(Cl)cc2Cl)s1. The highest BCUT2D eigenvalue weighted by molar-refractivity contribution is 7.93. The summed E-state index contributed by atoms with van der Waals surface area (Å²) in [6, 6.07) is 2.90. The van der Waals surface area contributed by atoms with Gasteiger partial charge in [-0.05, 0) is 38.5 Å². The quantitative estimate of drug-likeness (QED) is 0.713. The number of nitrogens with zero attached hydrogens (tertiary/aromatic N) is 2. The number of nitrogens with one attached hydrogen (secondary N) is 1. The number of sulfonamides is 1. The minimum absolute atomic E-state index is 0.0235. The van der Waals surface area contributed by atoms with Crippen LogP contribution in [0.3, 0.4) is 0 Å². The standard InChI is InChI=1S/C16H19Cl2N3O3S2/c1-4-21(5-2)14(22)8-12-9-19-16(25-12)20-26(23,24)15-10(3)6-11(17)7-13(15)18/h6-7,9H,4-5,8H2,1-3H3,(H,19,20). The zero-order chi connectivity index (χ0) is 19.5. The van der Waals surface area contributed by atoms with E-state index in [2.05, 4.69) is 9.71 Å². The molecule has 1 N–H and O–H groups in total. The Hall–Kier alpha value is -1.35. The highest BCUT2D eigenvalue weighted by atomic mass is 35.5. The number of carbonyl (C=O) groups is 1. The average Bonchev–Trinajstić information content (AvgIpc) is 2.93. The van der Waals surface area contributed by atoms with E-state index in [1.807, 2.05) is 13.8 Å². The van der Waals surface area contributed by atoms with Crippen LogP contribution in [0.5, 0.6) is 0 Å². The Morgan fingerprint density at radius 2 is 1.92 bits per heavy atom. The maximum Gasteiger partial charge on any atom is 0.265 e. The molecule has 1 aromatic heterocycles. The van der Waals surface area contributed by atoms with Gasteiger partial charge >= 0.3 is 0 Å². The topological polar surface area (TPSA) is 79.4 Å². The van der Waals surface area contributed by atoms with E-state index in [0.717, 1.165) is 11.3 Å². The number of hydrogen-bond acceptors (Lipinski definition) is 5. The second-order valence-electron chi connectivity index (χ2n) is 5.51. The summed E-state index contributed by atoms with van der Waals surface area (Å²) in [5.41, 5.74) is 0.434. The summed E-state index contributed by atoms with van der Waals surface area (Å²) >= 11 is 13.1. The van der Waals surface area contributed by atoms with Gasteiger partial charge < -0.3 is 4.90 Å². The van der Waals surface area contributed by atoms with Crippen LogP contribution >= 0.6 is 34.5 Å². The van der Waals surface area contributed by atoms with Crippen LogP contribution in [-0.2, 0) is 21.2 Å². The van der Waals surface area contributed by atoms with Gasteiger partial charge in [-0.15, -0.1) is 11.3 Å². The number of hydrogen-bond donors (Lipinski definition) is 1. The molecule has 0 aliphatic rings. The summed E-state index contributed by atoms with van der Waals surface area (Å²) in [5.74, 6) is -0.0235. The van der Waals surface area contributed by atoms with Gasteiger partial charge in [-0.25, -0.2) is 13.4 Å². The number of benzene rings is 1. The van der Waals surface area contributed by atoms with Gasteiger partial charge in [-0.1, -0.05) is 23.2 Å². The molecule has 6 nitrogen and oxygen atoms in total. The molecule has 10 heteroatoms. The third-order valence-corrected chi connectivity index (χ3v) is 6.89. The van der Waals surface area contributed by atoms with Crippen LogP contribution in [0.15, 0.2) is 23.2 Å². The van der Waals surface area contributed by atoms with Crippen molar-refractivity contribution in [2.75, 3.05) is 17.8 Å². The summed E-state index contributed by atoms with van der Waals surface area (Å²) in [6.45, 7) is 6.68. The fraction of sp³-hybridized carbons (Fsp3) is 0.375. The smallest absolute Gasteiger partial charge is 0.265 e. The van der Waals surface area contributed by atoms with Crippen molar-refractivity contribution in [3.63, 3.8) is 0 Å². The van der Waals surface area contributed by atoms with Crippen LogP contribution in [0.1, 0.15) is 24.3 Å². The molecule has 0 spiro atoms. The van der Waals surface area contributed by atoms with Crippen molar-refractivity contribution in [3.8, 4) is 0 Å². The van der Waals surface area contributed by atoms with Gasteiger partial charge in [0.05, 0.1) is 11.4 Å². The number of likely N-dealkylation sites (N-methyl/N-ethyl adjacent to an activating group) is 1. The van der Waals surface area contributed by atoms with E-state index in [4.69, 9.17) is 23.2 Å². The van der Waals surface area contributed by atoms with E-state index in [0.29, 0.717) is 28.6 Å². The summed E-state index contributed by atoms with van der Waals surface area (Å²) in [5, 5.41) is 0.576. The monoisotopic (exact) mass is 435 g/mol. The summed E-state index contributed by atoms with van der Waals surface area (Å²) in [4.78, 5) is 18.6. The van der Waals surface area contributed by atoms with Crippen molar-refractivity contribution in [2.45, 2.75) is 32.1 Å². The van der Waals surface area contributed by atoms with Gasteiger partial charge in [0.15, 0.2) is 5.13 Å². The molecule has 2 aromatic rings. The average molecular weight is 436 g/mol. The van der Waals surface area contributed by atoms with Gasteiger partial charge in [-0.2, -0.15) is 0 Å². The number of rotatable bonds is 7. The van der Waals surface area contributed by atoms with E-state index in [1.54, 1.807) is 11.8 Å². The molecule has 26 heavy (non-hydrogen) atoms. The number of carbonyl (C=O) groups excluding carboxylic acids is 1. The van der Waals surface area contributed by atoms with Gasteiger partial charge in [0, 0.05) is 29.2 Å². The fourth-order valence-corrected chi connectivity index (χ4v) is 5.70. The van der Waals surface area contributed by atoms with Gasteiger partial charge in [0.25, 0.3) is 10.0 Å². The maximum atomic E-state index is 12.6. The van der Waals surface area contributed by atoms with Crippen LogP contribution in [0.2, 0.25) is 10.0 Å². The number of thiazole rings is 1. The Labute approximate surface area is 167 Å². The van der Waals surface area contributed by atoms with Gasteiger partial charge in [-0.3, -0.25) is 9.52 Å². The Morgan fingerprint density at radius 3 is 2.50 bits per heavy atom. The van der Waals surface area contributed by atoms with E-state index >= 15 is 0 Å². The number of anilines is 1. The van der Waals surface area contributed by atoms with Crippen molar-refractivity contribution in [2.24, 2.45) is 0 Å². The minimum Gasteiger partial charge on any atom is -0.343 e. The third kappa shape index (κ3) is 4.88. The van der Waals surface area contributed by atoms with E-state index < -0.39 is 10.0 Å². The first-order valence-corrected chi connectivity index (χ1v) is 10.9. The van der Waals surface area contributed by atoms with Crippen LogP contribution in [-0.4, -0.2) is 37.3 Å². The normalized spacial score (nSPS) is 11.4. The maximum absolute atomic E-state index is 12.6. The molecule has 0 bridgehead atoms. The first-order valence-electron chi connectivity index (χ1n) is 7.88. The molecular formula is C16H19Cl2N3O3S2. The number of aromatic nitrogens is 1. The highest BCUT2D eigenvalue weighted by Gasteiger charge is 2.23. The first kappa shape index (κ1) is 21.0. The molecule has 0 saturated heterocycles. The molecule has 0 radical (unpaired) electrons. The van der Waals surface area contributed by atoms with Gasteiger partial charge in [0.1, 0.15) is 4.90 Å². The zero-order valence-electron chi connectivity index (χ0n) is 14.5. The molecule has 0 atom stereocenters. The molecule has 0 unspecified atom stereocenters. The molecule has 0 saturated carbocycles. The number of amides is 1. The summed E-state index contributed by atoms with van der Waals surface area (Å²) in [7, 11) is -3.92. The predicted molar refractivity (Wildman–Crippen MR) is 106 cm³/mol. The number of aryl methyl sites for hydroxylation is 1.